The number of hydrogen-bond acceptors (Lipinski definition) is 6. The minimum Gasteiger partial charge on any atom is -0.497 e. The van der Waals surface area contributed by atoms with Gasteiger partial charge in [-0.25, -0.2) is 4.79 Å². The summed E-state index contributed by atoms with van der Waals surface area (Å²) in [5.41, 5.74) is 4.68. The van der Waals surface area contributed by atoms with Crippen LogP contribution in [-0.2, 0) is 4.74 Å². The first-order valence-corrected chi connectivity index (χ1v) is 12.1. The van der Waals surface area contributed by atoms with Crippen LogP contribution in [0, 0.1) is 0 Å². The molecule has 0 amide bonds. The molecule has 1 aromatic heterocycles. The smallest absolute Gasteiger partial charge is 0.339 e. The molecule has 0 aliphatic carbocycles. The summed E-state index contributed by atoms with van der Waals surface area (Å²) in [5, 5.41) is 0. The summed E-state index contributed by atoms with van der Waals surface area (Å²) < 4.78 is 17.9. The molecule has 7 nitrogen and oxygen atoms in total. The van der Waals surface area contributed by atoms with Crippen LogP contribution in [0.25, 0.3) is 5.69 Å². The van der Waals surface area contributed by atoms with E-state index >= 15 is 0 Å². The van der Waals surface area contributed by atoms with Crippen LogP contribution >= 0.6 is 0 Å². The summed E-state index contributed by atoms with van der Waals surface area (Å²) in [4.78, 5) is 28.3. The van der Waals surface area contributed by atoms with Crippen molar-refractivity contribution in [2.45, 2.75) is 13.0 Å². The predicted molar refractivity (Wildman–Crippen MR) is 141 cm³/mol. The van der Waals surface area contributed by atoms with E-state index in [0.717, 1.165) is 28.4 Å². The van der Waals surface area contributed by atoms with Gasteiger partial charge >= 0.3 is 5.97 Å². The molecule has 5 rings (SSSR count). The lowest BCUT2D eigenvalue weighted by Crippen LogP contribution is -2.38. The molecule has 0 radical (unpaired) electrons. The van der Waals surface area contributed by atoms with Crippen molar-refractivity contribution in [1.29, 1.82) is 0 Å². The third-order valence-electron chi connectivity index (χ3n) is 6.56. The van der Waals surface area contributed by atoms with Gasteiger partial charge in [-0.1, -0.05) is 24.3 Å². The Hall–Kier alpha value is -4.52. The van der Waals surface area contributed by atoms with Crippen molar-refractivity contribution in [3.63, 3.8) is 0 Å². The van der Waals surface area contributed by atoms with Gasteiger partial charge in [0.05, 0.1) is 56.0 Å². The van der Waals surface area contributed by atoms with E-state index in [9.17, 15) is 9.59 Å². The van der Waals surface area contributed by atoms with Crippen LogP contribution in [0.3, 0.4) is 0 Å². The first-order valence-electron chi connectivity index (χ1n) is 12.1. The Morgan fingerprint density at radius 3 is 2.05 bits per heavy atom. The van der Waals surface area contributed by atoms with Gasteiger partial charge in [0.15, 0.2) is 5.78 Å². The van der Waals surface area contributed by atoms with Crippen LogP contribution in [-0.4, -0.2) is 43.7 Å². The standard InChI is InChI=1S/C30H28N2O5/c1-4-37-30(34)22-17-27-29(21-11-15-24(36-3)16-12-21)32(26-8-6-5-7-25(26)31(27)18-22)19-28(33)20-9-13-23(35-2)14-10-20/h5-18,29H,4,19H2,1-3H3. The van der Waals surface area contributed by atoms with Gasteiger partial charge in [-0.2, -0.15) is 0 Å². The summed E-state index contributed by atoms with van der Waals surface area (Å²) in [6.07, 6.45) is 1.81. The van der Waals surface area contributed by atoms with E-state index in [1.54, 1.807) is 45.4 Å². The fourth-order valence-electron chi connectivity index (χ4n) is 4.77. The van der Waals surface area contributed by atoms with Crippen molar-refractivity contribution in [1.82, 2.24) is 4.57 Å². The summed E-state index contributed by atoms with van der Waals surface area (Å²) in [7, 11) is 3.23. The maximum atomic E-state index is 13.5. The fourth-order valence-corrected chi connectivity index (χ4v) is 4.77. The Labute approximate surface area is 215 Å². The van der Waals surface area contributed by atoms with E-state index in [0.29, 0.717) is 23.5 Å². The minimum atomic E-state index is -0.378. The number of esters is 1. The molecular formula is C30H28N2O5. The van der Waals surface area contributed by atoms with Crippen LogP contribution in [0.2, 0.25) is 0 Å². The number of hydrogen-bond donors (Lipinski definition) is 0. The van der Waals surface area contributed by atoms with Gasteiger partial charge in [0, 0.05) is 11.8 Å². The fraction of sp³-hybridized carbons (Fsp3) is 0.200. The first kappa shape index (κ1) is 24.2. The second-order valence-corrected chi connectivity index (χ2v) is 8.69. The Bertz CT molecular complexity index is 1420. The number of carbonyl (C=O) groups is 2. The van der Waals surface area contributed by atoms with Gasteiger partial charge < -0.3 is 23.7 Å². The quantitative estimate of drug-likeness (QED) is 0.238. The molecule has 1 aliphatic heterocycles. The average Bonchev–Trinajstić information content (AvgIpc) is 3.39. The molecule has 0 fully saturated rings. The molecule has 0 spiro atoms. The Kier molecular flexibility index (Phi) is 6.68. The Morgan fingerprint density at radius 2 is 1.43 bits per heavy atom. The summed E-state index contributed by atoms with van der Waals surface area (Å²) in [6.45, 7) is 2.22. The van der Waals surface area contributed by atoms with Gasteiger partial charge in [-0.15, -0.1) is 0 Å². The van der Waals surface area contributed by atoms with Crippen molar-refractivity contribution in [2.75, 3.05) is 32.3 Å². The van der Waals surface area contributed by atoms with Crippen molar-refractivity contribution in [2.24, 2.45) is 0 Å². The van der Waals surface area contributed by atoms with Gasteiger partial charge in [-0.3, -0.25) is 4.79 Å². The number of Topliss-reactive ketones (excluding diaryl/α,β-unsaturated/α-hetero) is 1. The van der Waals surface area contributed by atoms with E-state index in [2.05, 4.69) is 4.90 Å². The van der Waals surface area contributed by atoms with Crippen molar-refractivity contribution in [3.8, 4) is 17.2 Å². The van der Waals surface area contributed by atoms with Crippen LogP contribution < -0.4 is 14.4 Å². The lowest BCUT2D eigenvalue weighted by atomic mass is 9.96. The number of nitrogens with zero attached hydrogens (tertiary/aromatic N) is 2. The molecule has 188 valence electrons. The molecular weight excluding hydrogens is 468 g/mol. The van der Waals surface area contributed by atoms with Gasteiger partial charge in [-0.05, 0) is 67.1 Å². The highest BCUT2D eigenvalue weighted by Gasteiger charge is 2.35. The van der Waals surface area contributed by atoms with Crippen LogP contribution in [0.4, 0.5) is 5.69 Å². The number of rotatable bonds is 8. The number of methoxy groups -OCH3 is 2. The second kappa shape index (κ2) is 10.2. The SMILES string of the molecule is CCOC(=O)c1cc2n(c1)-c1ccccc1N(CC(=O)c1ccc(OC)cc1)C2c1ccc(OC)cc1. The molecule has 1 unspecified atom stereocenters. The van der Waals surface area contributed by atoms with E-state index in [1.165, 1.54) is 0 Å². The molecule has 0 saturated heterocycles. The van der Waals surface area contributed by atoms with Crippen LogP contribution in [0.1, 0.15) is 44.9 Å². The molecule has 0 N–H and O–H groups in total. The summed E-state index contributed by atoms with van der Waals surface area (Å²) in [6, 6.07) is 24.3. The zero-order valence-corrected chi connectivity index (χ0v) is 21.0. The topological polar surface area (TPSA) is 70.0 Å². The highest BCUT2D eigenvalue weighted by atomic mass is 16.5. The largest absolute Gasteiger partial charge is 0.497 e. The molecule has 0 saturated carbocycles. The normalized spacial score (nSPS) is 13.9. The molecule has 3 aromatic carbocycles. The number of para-hydroxylation sites is 2. The summed E-state index contributed by atoms with van der Waals surface area (Å²) >= 11 is 0. The highest BCUT2D eigenvalue weighted by Crippen LogP contribution is 2.43. The third-order valence-corrected chi connectivity index (χ3v) is 6.56. The van der Waals surface area contributed by atoms with E-state index < -0.39 is 0 Å². The van der Waals surface area contributed by atoms with Crippen LogP contribution in [0.15, 0.2) is 85.1 Å². The molecule has 7 heteroatoms. The zero-order chi connectivity index (χ0) is 25.9. The third kappa shape index (κ3) is 4.56. The minimum absolute atomic E-state index is 0.0263. The van der Waals surface area contributed by atoms with E-state index in [4.69, 9.17) is 14.2 Å². The first-order chi connectivity index (χ1) is 18.0. The number of anilines is 1. The number of carbonyl (C=O) groups excluding carboxylic acids is 2. The van der Waals surface area contributed by atoms with Gasteiger partial charge in [0.2, 0.25) is 0 Å². The predicted octanol–water partition coefficient (Wildman–Crippen LogP) is 5.46. The monoisotopic (exact) mass is 496 g/mol. The maximum Gasteiger partial charge on any atom is 0.339 e. The molecule has 2 heterocycles. The van der Waals surface area contributed by atoms with Gasteiger partial charge in [0.25, 0.3) is 0 Å². The average molecular weight is 497 g/mol. The molecule has 37 heavy (non-hydrogen) atoms. The van der Waals surface area contributed by atoms with Crippen LogP contribution in [0.5, 0.6) is 11.5 Å². The van der Waals surface area contributed by atoms with E-state index in [-0.39, 0.29) is 24.3 Å². The molecule has 1 aliphatic rings. The van der Waals surface area contributed by atoms with E-state index in [1.807, 2.05) is 65.4 Å². The highest BCUT2D eigenvalue weighted by molar-refractivity contribution is 6.00. The number of benzene rings is 3. The molecule has 1 atom stereocenters. The zero-order valence-electron chi connectivity index (χ0n) is 21.0. The number of aromatic nitrogens is 1. The van der Waals surface area contributed by atoms with Crippen molar-refractivity contribution in [3.05, 3.63) is 107 Å². The van der Waals surface area contributed by atoms with Crippen molar-refractivity contribution >= 4 is 17.4 Å². The summed E-state index contributed by atoms with van der Waals surface area (Å²) in [5.74, 6) is 1.03. The lowest BCUT2D eigenvalue weighted by Gasteiger charge is -2.39. The Balaban J connectivity index is 1.63. The second-order valence-electron chi connectivity index (χ2n) is 8.69. The van der Waals surface area contributed by atoms with Gasteiger partial charge in [0.1, 0.15) is 11.5 Å². The molecule has 0 bridgehead atoms. The lowest BCUT2D eigenvalue weighted by molar-refractivity contribution is 0.0526. The maximum absolute atomic E-state index is 13.5. The Morgan fingerprint density at radius 1 is 0.811 bits per heavy atom. The van der Waals surface area contributed by atoms with Crippen molar-refractivity contribution < 1.29 is 23.8 Å². The number of ether oxygens (including phenoxy) is 3. The number of ketones is 1. The molecule has 4 aromatic rings. The number of fused-ring (bicyclic) bond motifs is 3.